The quantitative estimate of drug-likeness (QED) is 0.523. The van der Waals surface area contributed by atoms with Crippen LogP contribution in [0.1, 0.15) is 37.4 Å². The third-order valence-corrected chi connectivity index (χ3v) is 6.57. The Morgan fingerprint density at radius 1 is 1.00 bits per heavy atom. The zero-order valence-corrected chi connectivity index (χ0v) is 19.3. The second kappa shape index (κ2) is 8.56. The Labute approximate surface area is 199 Å². The number of halogens is 1. The summed E-state index contributed by atoms with van der Waals surface area (Å²) in [4.78, 5) is 29.3. The number of hydrogen-bond acceptors (Lipinski definition) is 3. The van der Waals surface area contributed by atoms with Crippen molar-refractivity contribution in [1.29, 1.82) is 0 Å². The van der Waals surface area contributed by atoms with Crippen LogP contribution in [-0.2, 0) is 16.0 Å². The summed E-state index contributed by atoms with van der Waals surface area (Å²) in [5.74, 6) is -0.987. The lowest BCUT2D eigenvalue weighted by molar-refractivity contribution is -0.125. The minimum atomic E-state index is -0.595. The normalized spacial score (nSPS) is 21.0. The zero-order chi connectivity index (χ0) is 23.9. The van der Waals surface area contributed by atoms with Gasteiger partial charge >= 0.3 is 0 Å². The average Bonchev–Trinajstić information content (AvgIpc) is 2.94. The van der Waals surface area contributed by atoms with E-state index in [1.165, 1.54) is 12.1 Å². The Morgan fingerprint density at radius 3 is 2.41 bits per heavy atom. The number of nitrogens with zero attached hydrogens (tertiary/aromatic N) is 1. The number of Topliss-reactive ketones (excluding diaryl/α,β-unsaturated/α-hetero) is 1. The first-order chi connectivity index (χ1) is 16.3. The highest BCUT2D eigenvalue weighted by atomic mass is 19.1. The van der Waals surface area contributed by atoms with E-state index in [9.17, 15) is 14.0 Å². The van der Waals surface area contributed by atoms with Crippen molar-refractivity contribution in [3.05, 3.63) is 108 Å². The number of rotatable bonds is 3. The van der Waals surface area contributed by atoms with E-state index in [1.54, 1.807) is 17.0 Å². The number of carbonyl (C=O) groups excluding carboxylic acids is 2. The molecule has 0 radical (unpaired) electrons. The van der Waals surface area contributed by atoms with Crippen LogP contribution in [0.3, 0.4) is 0 Å². The van der Waals surface area contributed by atoms with Crippen LogP contribution in [0, 0.1) is 17.2 Å². The molecule has 34 heavy (non-hydrogen) atoms. The van der Waals surface area contributed by atoms with Gasteiger partial charge < -0.3 is 10.2 Å². The fourth-order valence-electron chi connectivity index (χ4n) is 5.14. The van der Waals surface area contributed by atoms with Crippen LogP contribution in [0.15, 0.2) is 90.6 Å². The number of allylic oxidation sites excluding steroid dienone is 1. The topological polar surface area (TPSA) is 49.4 Å². The van der Waals surface area contributed by atoms with E-state index in [0.717, 1.165) is 22.5 Å². The van der Waals surface area contributed by atoms with Gasteiger partial charge in [-0.15, -0.1) is 0 Å². The maximum absolute atomic E-state index is 13.9. The molecule has 4 nitrogen and oxygen atoms in total. The lowest BCUT2D eigenvalue weighted by Gasteiger charge is -2.39. The number of nitrogens with one attached hydrogen (secondary N) is 1. The van der Waals surface area contributed by atoms with Gasteiger partial charge in [0.05, 0.1) is 29.8 Å². The molecule has 172 valence electrons. The van der Waals surface area contributed by atoms with Gasteiger partial charge in [-0.05, 0) is 40.8 Å². The van der Waals surface area contributed by atoms with Gasteiger partial charge in [0.2, 0.25) is 5.91 Å². The van der Waals surface area contributed by atoms with Crippen molar-refractivity contribution < 1.29 is 14.0 Å². The standard InChI is InChI=1S/C29H27FN2O2/c1-29(2)17-23-27(25(33)18-29)28(20-12-14-21(30)15-13-20)32(24-11-7-6-10-22(24)31-23)26(34)16-19-8-4-3-5-9-19/h3-15,17,27-28,31H,16,18H2,1-2H3. The van der Waals surface area contributed by atoms with Gasteiger partial charge in [-0.2, -0.15) is 0 Å². The van der Waals surface area contributed by atoms with Crippen LogP contribution in [-0.4, -0.2) is 11.7 Å². The lowest BCUT2D eigenvalue weighted by Crippen LogP contribution is -2.44. The maximum Gasteiger partial charge on any atom is 0.232 e. The molecule has 5 rings (SSSR count). The Bertz CT molecular complexity index is 1260. The summed E-state index contributed by atoms with van der Waals surface area (Å²) in [7, 11) is 0. The minimum absolute atomic E-state index is 0.0645. The molecule has 3 aromatic rings. The first-order valence-corrected chi connectivity index (χ1v) is 11.6. The SMILES string of the molecule is CC1(C)C=C2Nc3ccccc3N(C(=O)Cc3ccccc3)C(c3ccc(F)cc3)C2C(=O)C1. The molecule has 3 aromatic carbocycles. The number of hydrogen-bond donors (Lipinski definition) is 1. The van der Waals surface area contributed by atoms with Crippen molar-refractivity contribution in [2.45, 2.75) is 32.7 Å². The van der Waals surface area contributed by atoms with Gasteiger partial charge in [0.1, 0.15) is 11.6 Å². The first-order valence-electron chi connectivity index (χ1n) is 11.6. The molecular formula is C29H27FN2O2. The van der Waals surface area contributed by atoms with E-state index in [0.29, 0.717) is 12.1 Å². The van der Waals surface area contributed by atoms with Crippen LogP contribution in [0.25, 0.3) is 0 Å². The number of amides is 1. The summed E-state index contributed by atoms with van der Waals surface area (Å²) in [6, 6.07) is 22.8. The van der Waals surface area contributed by atoms with Crippen molar-refractivity contribution in [3.63, 3.8) is 0 Å². The third kappa shape index (κ3) is 4.14. The molecule has 1 heterocycles. The lowest BCUT2D eigenvalue weighted by atomic mass is 9.72. The van der Waals surface area contributed by atoms with Crippen LogP contribution >= 0.6 is 0 Å². The highest BCUT2D eigenvalue weighted by Crippen LogP contribution is 2.48. The highest BCUT2D eigenvalue weighted by molar-refractivity contribution is 6.02. The molecule has 1 amide bonds. The fourth-order valence-corrected chi connectivity index (χ4v) is 5.14. The number of para-hydroxylation sites is 2. The number of benzene rings is 3. The van der Waals surface area contributed by atoms with E-state index in [1.807, 2.05) is 68.4 Å². The molecule has 0 spiro atoms. The molecule has 0 saturated heterocycles. The van der Waals surface area contributed by atoms with Gasteiger partial charge in [0.25, 0.3) is 0 Å². The molecule has 1 N–H and O–H groups in total. The largest absolute Gasteiger partial charge is 0.357 e. The van der Waals surface area contributed by atoms with Crippen LogP contribution in [0.4, 0.5) is 15.8 Å². The summed E-state index contributed by atoms with van der Waals surface area (Å²) in [6.45, 7) is 4.08. The van der Waals surface area contributed by atoms with Crippen molar-refractivity contribution in [1.82, 2.24) is 0 Å². The van der Waals surface area contributed by atoms with E-state index in [2.05, 4.69) is 11.4 Å². The Balaban J connectivity index is 1.71. The molecule has 1 aliphatic heterocycles. The molecule has 1 aliphatic carbocycles. The predicted molar refractivity (Wildman–Crippen MR) is 132 cm³/mol. The number of carbonyl (C=O) groups is 2. The molecule has 0 fully saturated rings. The molecular weight excluding hydrogens is 427 g/mol. The third-order valence-electron chi connectivity index (χ3n) is 6.57. The summed E-state index contributed by atoms with van der Waals surface area (Å²) in [6.07, 6.45) is 2.67. The van der Waals surface area contributed by atoms with E-state index in [-0.39, 0.29) is 29.3 Å². The van der Waals surface area contributed by atoms with Gasteiger partial charge in [-0.3, -0.25) is 9.59 Å². The Hall–Kier alpha value is -3.73. The molecule has 0 aromatic heterocycles. The van der Waals surface area contributed by atoms with E-state index < -0.39 is 12.0 Å². The highest BCUT2D eigenvalue weighted by Gasteiger charge is 2.46. The summed E-state index contributed by atoms with van der Waals surface area (Å²) < 4.78 is 13.9. The van der Waals surface area contributed by atoms with Crippen molar-refractivity contribution in [2.75, 3.05) is 10.2 Å². The smallest absolute Gasteiger partial charge is 0.232 e. The monoisotopic (exact) mass is 454 g/mol. The molecule has 0 bridgehead atoms. The van der Waals surface area contributed by atoms with E-state index in [4.69, 9.17) is 0 Å². The Kier molecular flexibility index (Phi) is 5.56. The van der Waals surface area contributed by atoms with Gasteiger partial charge in [-0.1, -0.05) is 74.5 Å². The van der Waals surface area contributed by atoms with Crippen LogP contribution in [0.2, 0.25) is 0 Å². The van der Waals surface area contributed by atoms with Gasteiger partial charge in [0, 0.05) is 12.1 Å². The maximum atomic E-state index is 13.9. The van der Waals surface area contributed by atoms with Crippen LogP contribution in [0.5, 0.6) is 0 Å². The van der Waals surface area contributed by atoms with Crippen molar-refractivity contribution in [3.8, 4) is 0 Å². The molecule has 2 unspecified atom stereocenters. The Morgan fingerprint density at radius 2 is 1.68 bits per heavy atom. The van der Waals surface area contributed by atoms with E-state index >= 15 is 0 Å². The molecule has 0 saturated carbocycles. The summed E-state index contributed by atoms with van der Waals surface area (Å²) >= 11 is 0. The number of ketones is 1. The van der Waals surface area contributed by atoms with Crippen molar-refractivity contribution >= 4 is 23.1 Å². The van der Waals surface area contributed by atoms with Gasteiger partial charge in [0.15, 0.2) is 0 Å². The molecule has 5 heteroatoms. The minimum Gasteiger partial charge on any atom is -0.357 e. The fraction of sp³-hybridized carbons (Fsp3) is 0.241. The second-order valence-electron chi connectivity index (χ2n) is 9.77. The van der Waals surface area contributed by atoms with Gasteiger partial charge in [-0.25, -0.2) is 4.39 Å². The molecule has 2 atom stereocenters. The molecule has 2 aliphatic rings. The zero-order valence-electron chi connectivity index (χ0n) is 19.3. The number of fused-ring (bicyclic) bond motifs is 2. The predicted octanol–water partition coefficient (Wildman–Crippen LogP) is 6.07. The average molecular weight is 455 g/mol. The van der Waals surface area contributed by atoms with Crippen LogP contribution < -0.4 is 10.2 Å². The summed E-state index contributed by atoms with van der Waals surface area (Å²) in [5, 5.41) is 3.48. The number of anilines is 2. The summed E-state index contributed by atoms with van der Waals surface area (Å²) in [5.41, 5.74) is 3.59. The second-order valence-corrected chi connectivity index (χ2v) is 9.77. The first kappa shape index (κ1) is 22.1. The van der Waals surface area contributed by atoms with Crippen molar-refractivity contribution in [2.24, 2.45) is 11.3 Å².